The van der Waals surface area contributed by atoms with E-state index in [9.17, 15) is 10.1 Å². The molecule has 6 nitrogen and oxygen atoms in total. The largest absolute Gasteiger partial charge is 0.381 e. The Bertz CT molecular complexity index is 607. The maximum atomic E-state index is 12.6. The first kappa shape index (κ1) is 16.7. The molecular formula is C18H24N4O2. The van der Waals surface area contributed by atoms with Crippen molar-refractivity contribution in [1.82, 2.24) is 9.88 Å². The van der Waals surface area contributed by atoms with E-state index >= 15 is 0 Å². The van der Waals surface area contributed by atoms with E-state index in [-0.39, 0.29) is 11.9 Å². The second-order valence-corrected chi connectivity index (χ2v) is 6.53. The summed E-state index contributed by atoms with van der Waals surface area (Å²) in [5.74, 6) is 0.543. The van der Waals surface area contributed by atoms with Crippen LogP contribution in [0.1, 0.15) is 37.7 Å². The topological polar surface area (TPSA) is 78.2 Å². The Kier molecular flexibility index (Phi) is 5.65. The van der Waals surface area contributed by atoms with Crippen LogP contribution in [0.25, 0.3) is 0 Å². The highest BCUT2D eigenvalue weighted by molar-refractivity contribution is 5.76. The Balaban J connectivity index is 1.65. The van der Waals surface area contributed by atoms with Crippen LogP contribution in [-0.4, -0.2) is 48.1 Å². The lowest BCUT2D eigenvalue weighted by molar-refractivity contribution is -0.136. The van der Waals surface area contributed by atoms with Crippen LogP contribution in [-0.2, 0) is 9.53 Å². The fourth-order valence-corrected chi connectivity index (χ4v) is 3.62. The van der Waals surface area contributed by atoms with Crippen molar-refractivity contribution in [2.75, 3.05) is 31.6 Å². The van der Waals surface area contributed by atoms with Gasteiger partial charge in [-0.15, -0.1) is 0 Å². The molecule has 128 valence electrons. The third-order valence-electron chi connectivity index (χ3n) is 4.99. The number of morpholine rings is 1. The minimum Gasteiger partial charge on any atom is -0.381 e. The normalized spacial score (nSPS) is 24.2. The fraction of sp³-hybridized carbons (Fsp3) is 0.611. The zero-order valence-corrected chi connectivity index (χ0v) is 13.9. The molecule has 3 rings (SSSR count). The van der Waals surface area contributed by atoms with Gasteiger partial charge in [0.15, 0.2) is 0 Å². The monoisotopic (exact) mass is 328 g/mol. The molecule has 1 aliphatic heterocycles. The van der Waals surface area contributed by atoms with Crippen LogP contribution in [0.4, 0.5) is 5.69 Å². The van der Waals surface area contributed by atoms with Crippen LogP contribution in [0.2, 0.25) is 0 Å². The molecule has 1 N–H and O–H groups in total. The number of rotatable bonds is 4. The van der Waals surface area contributed by atoms with Gasteiger partial charge in [0, 0.05) is 37.9 Å². The highest BCUT2D eigenvalue weighted by Gasteiger charge is 2.29. The van der Waals surface area contributed by atoms with Gasteiger partial charge in [-0.3, -0.25) is 9.78 Å². The quantitative estimate of drug-likeness (QED) is 0.916. The summed E-state index contributed by atoms with van der Waals surface area (Å²) in [7, 11) is 0. The average Bonchev–Trinajstić information content (AvgIpc) is 2.64. The number of hydrogen-bond acceptors (Lipinski definition) is 5. The highest BCUT2D eigenvalue weighted by atomic mass is 16.5. The van der Waals surface area contributed by atoms with Crippen molar-refractivity contribution in [3.05, 3.63) is 24.0 Å². The van der Waals surface area contributed by atoms with Gasteiger partial charge in [-0.2, -0.15) is 5.26 Å². The van der Waals surface area contributed by atoms with E-state index in [0.717, 1.165) is 24.9 Å². The SMILES string of the molecule is N#Cc1cnccc1N[C@H]1CCCC[C@H]1CC(=O)N1CCOCC1. The van der Waals surface area contributed by atoms with E-state index in [1.165, 1.54) is 6.42 Å². The van der Waals surface area contributed by atoms with Gasteiger partial charge in [0.25, 0.3) is 0 Å². The van der Waals surface area contributed by atoms with Crippen LogP contribution in [0, 0.1) is 17.2 Å². The van der Waals surface area contributed by atoms with Crippen molar-refractivity contribution in [1.29, 1.82) is 5.26 Å². The first-order valence-corrected chi connectivity index (χ1v) is 8.74. The lowest BCUT2D eigenvalue weighted by atomic mass is 9.82. The van der Waals surface area contributed by atoms with E-state index in [4.69, 9.17) is 4.74 Å². The maximum Gasteiger partial charge on any atom is 0.223 e. The number of nitrogens with zero attached hydrogens (tertiary/aromatic N) is 3. The van der Waals surface area contributed by atoms with Crippen LogP contribution in [0.3, 0.4) is 0 Å². The molecule has 0 aromatic carbocycles. The Labute approximate surface area is 142 Å². The summed E-state index contributed by atoms with van der Waals surface area (Å²) in [4.78, 5) is 18.5. The second-order valence-electron chi connectivity index (χ2n) is 6.53. The molecule has 1 aromatic rings. The molecule has 1 saturated carbocycles. The molecule has 0 bridgehead atoms. The van der Waals surface area contributed by atoms with Crippen molar-refractivity contribution in [2.45, 2.75) is 38.1 Å². The van der Waals surface area contributed by atoms with Gasteiger partial charge in [-0.1, -0.05) is 12.8 Å². The predicted octanol–water partition coefficient (Wildman–Crippen LogP) is 2.17. The molecule has 1 aliphatic carbocycles. The Hall–Kier alpha value is -2.13. The van der Waals surface area contributed by atoms with E-state index in [2.05, 4.69) is 16.4 Å². The van der Waals surface area contributed by atoms with E-state index in [0.29, 0.717) is 44.2 Å². The van der Waals surface area contributed by atoms with Gasteiger partial charge in [-0.05, 0) is 24.8 Å². The number of carbonyl (C=O) groups excluding carboxylic acids is 1. The molecule has 24 heavy (non-hydrogen) atoms. The van der Waals surface area contributed by atoms with E-state index in [1.54, 1.807) is 12.4 Å². The molecule has 0 unspecified atom stereocenters. The number of carbonyl (C=O) groups is 1. The Morgan fingerprint density at radius 3 is 2.96 bits per heavy atom. The summed E-state index contributed by atoms with van der Waals surface area (Å²) >= 11 is 0. The number of nitrogens with one attached hydrogen (secondary N) is 1. The minimum atomic E-state index is 0.229. The van der Waals surface area contributed by atoms with Gasteiger partial charge >= 0.3 is 0 Å². The lowest BCUT2D eigenvalue weighted by Crippen LogP contribution is -2.43. The molecule has 2 aliphatic rings. The summed E-state index contributed by atoms with van der Waals surface area (Å²) < 4.78 is 5.32. The molecule has 2 fully saturated rings. The van der Waals surface area contributed by atoms with Gasteiger partial charge in [-0.25, -0.2) is 0 Å². The first-order chi connectivity index (χ1) is 11.8. The third-order valence-corrected chi connectivity index (χ3v) is 4.99. The van der Waals surface area contributed by atoms with Crippen LogP contribution in [0.15, 0.2) is 18.5 Å². The Morgan fingerprint density at radius 1 is 1.38 bits per heavy atom. The smallest absolute Gasteiger partial charge is 0.223 e. The zero-order valence-electron chi connectivity index (χ0n) is 13.9. The zero-order chi connectivity index (χ0) is 16.8. The first-order valence-electron chi connectivity index (χ1n) is 8.74. The summed E-state index contributed by atoms with van der Waals surface area (Å²) in [6.07, 6.45) is 8.27. The number of aromatic nitrogens is 1. The third kappa shape index (κ3) is 4.04. The molecule has 2 heterocycles. The molecular weight excluding hydrogens is 304 g/mol. The van der Waals surface area contributed by atoms with Crippen LogP contribution < -0.4 is 5.32 Å². The second kappa shape index (κ2) is 8.11. The summed E-state index contributed by atoms with van der Waals surface area (Å²) in [5, 5.41) is 12.7. The highest BCUT2D eigenvalue weighted by Crippen LogP contribution is 2.31. The summed E-state index contributed by atoms with van der Waals surface area (Å²) in [5.41, 5.74) is 1.38. The van der Waals surface area contributed by atoms with Gasteiger partial charge < -0.3 is 15.0 Å². The maximum absolute atomic E-state index is 12.6. The number of anilines is 1. The lowest BCUT2D eigenvalue weighted by Gasteiger charge is -2.35. The Morgan fingerprint density at radius 2 is 2.17 bits per heavy atom. The number of pyridine rings is 1. The predicted molar refractivity (Wildman–Crippen MR) is 90.3 cm³/mol. The fourth-order valence-electron chi connectivity index (χ4n) is 3.62. The van der Waals surface area contributed by atoms with Crippen LogP contribution in [0.5, 0.6) is 0 Å². The molecule has 1 amide bonds. The molecule has 0 spiro atoms. The molecule has 0 radical (unpaired) electrons. The number of hydrogen-bond donors (Lipinski definition) is 1. The van der Waals surface area contributed by atoms with Crippen molar-refractivity contribution in [3.63, 3.8) is 0 Å². The van der Waals surface area contributed by atoms with Crippen molar-refractivity contribution in [3.8, 4) is 6.07 Å². The summed E-state index contributed by atoms with van der Waals surface area (Å²) in [6, 6.07) is 4.25. The van der Waals surface area contributed by atoms with Crippen LogP contribution >= 0.6 is 0 Å². The number of amides is 1. The van der Waals surface area contributed by atoms with E-state index in [1.807, 2.05) is 11.0 Å². The van der Waals surface area contributed by atoms with Gasteiger partial charge in [0.2, 0.25) is 5.91 Å². The standard InChI is InChI=1S/C18H24N4O2/c19-12-15-13-20-6-5-17(15)21-16-4-2-1-3-14(16)11-18(23)22-7-9-24-10-8-22/h5-6,13-14,16H,1-4,7-11H2,(H,20,21)/t14-,16-/m0/s1. The molecule has 6 heteroatoms. The van der Waals surface area contributed by atoms with Crippen molar-refractivity contribution < 1.29 is 9.53 Å². The summed E-state index contributed by atoms with van der Waals surface area (Å²) in [6.45, 7) is 2.68. The molecule has 1 aromatic heterocycles. The van der Waals surface area contributed by atoms with Crippen molar-refractivity contribution >= 4 is 11.6 Å². The minimum absolute atomic E-state index is 0.229. The average molecular weight is 328 g/mol. The molecule has 2 atom stereocenters. The van der Waals surface area contributed by atoms with E-state index < -0.39 is 0 Å². The van der Waals surface area contributed by atoms with Gasteiger partial charge in [0.1, 0.15) is 6.07 Å². The number of ether oxygens (including phenoxy) is 1. The molecule has 1 saturated heterocycles. The number of nitriles is 1. The van der Waals surface area contributed by atoms with Gasteiger partial charge in [0.05, 0.1) is 24.5 Å². The van der Waals surface area contributed by atoms with Crippen molar-refractivity contribution in [2.24, 2.45) is 5.92 Å².